The summed E-state index contributed by atoms with van der Waals surface area (Å²) >= 11 is 0. The van der Waals surface area contributed by atoms with Crippen LogP contribution in [-0.2, 0) is 9.47 Å². The Labute approximate surface area is 200 Å². The lowest BCUT2D eigenvalue weighted by atomic mass is 9.98. The Morgan fingerprint density at radius 1 is 1.17 bits per heavy atom. The molecule has 2 aliphatic heterocycles. The van der Waals surface area contributed by atoms with Gasteiger partial charge in [-0.1, -0.05) is 48.5 Å². The van der Waals surface area contributed by atoms with Gasteiger partial charge in [-0.2, -0.15) is 0 Å². The highest BCUT2D eigenvalue weighted by Crippen LogP contribution is 2.45. The van der Waals surface area contributed by atoms with Crippen LogP contribution in [-0.4, -0.2) is 59.4 Å². The number of hydrogen-bond acceptors (Lipinski definition) is 8. The second kappa shape index (κ2) is 8.49. The lowest BCUT2D eigenvalue weighted by Gasteiger charge is -2.25. The largest absolute Gasteiger partial charge is 0.448 e. The SMILES string of the molecule is NC[C@H]1O[C@@H](N2CN(C(=O)OCC3c4ccccc4-c4ccccc43)c3c2nc[nH]c3=O)CC1O. The minimum atomic E-state index is -0.737. The Bertz CT molecular complexity index is 1300. The third-order valence-electron chi connectivity index (χ3n) is 6.99. The zero-order chi connectivity index (χ0) is 24.1. The maximum Gasteiger partial charge on any atom is 0.416 e. The number of nitrogens with zero attached hydrogens (tertiary/aromatic N) is 3. The van der Waals surface area contributed by atoms with E-state index in [0.717, 1.165) is 22.3 Å². The van der Waals surface area contributed by atoms with E-state index < -0.39 is 30.1 Å². The molecule has 4 N–H and O–H groups in total. The number of carbonyl (C=O) groups is 1. The number of H-pyrrole nitrogens is 1. The summed E-state index contributed by atoms with van der Waals surface area (Å²) in [6.07, 6.45) is -0.913. The molecule has 1 fully saturated rings. The minimum Gasteiger partial charge on any atom is -0.448 e. The third-order valence-corrected chi connectivity index (χ3v) is 6.99. The Hall–Kier alpha value is -3.73. The lowest BCUT2D eigenvalue weighted by Crippen LogP contribution is -2.42. The minimum absolute atomic E-state index is 0.0147. The number of aromatic amines is 1. The Kier molecular flexibility index (Phi) is 5.28. The first kappa shape index (κ1) is 21.8. The predicted octanol–water partition coefficient (Wildman–Crippen LogP) is 1.74. The van der Waals surface area contributed by atoms with E-state index in [4.69, 9.17) is 15.2 Å². The average Bonchev–Trinajstić information content (AvgIpc) is 3.54. The molecule has 10 heteroatoms. The molecule has 35 heavy (non-hydrogen) atoms. The molecule has 1 amide bonds. The molecule has 6 rings (SSSR count). The van der Waals surface area contributed by atoms with Crippen molar-refractivity contribution in [3.05, 3.63) is 76.3 Å². The van der Waals surface area contributed by atoms with E-state index in [1.807, 2.05) is 36.4 Å². The van der Waals surface area contributed by atoms with Crippen molar-refractivity contribution in [2.75, 3.05) is 29.6 Å². The summed E-state index contributed by atoms with van der Waals surface area (Å²) in [4.78, 5) is 35.7. The monoisotopic (exact) mass is 475 g/mol. The fourth-order valence-electron chi connectivity index (χ4n) is 5.29. The van der Waals surface area contributed by atoms with Gasteiger partial charge in [0.2, 0.25) is 0 Å². The quantitative estimate of drug-likeness (QED) is 0.520. The lowest BCUT2D eigenvalue weighted by molar-refractivity contribution is 0.0155. The van der Waals surface area contributed by atoms with Crippen molar-refractivity contribution in [2.45, 2.75) is 30.8 Å². The van der Waals surface area contributed by atoms with Crippen LogP contribution in [0.1, 0.15) is 23.5 Å². The van der Waals surface area contributed by atoms with Gasteiger partial charge in [0, 0.05) is 18.9 Å². The number of nitrogens with two attached hydrogens (primary N) is 1. The van der Waals surface area contributed by atoms with Gasteiger partial charge in [-0.25, -0.2) is 9.78 Å². The van der Waals surface area contributed by atoms with Crippen LogP contribution in [0.15, 0.2) is 59.7 Å². The van der Waals surface area contributed by atoms with Gasteiger partial charge >= 0.3 is 6.09 Å². The van der Waals surface area contributed by atoms with Gasteiger partial charge in [-0.05, 0) is 22.3 Å². The average molecular weight is 476 g/mol. The van der Waals surface area contributed by atoms with E-state index in [1.165, 1.54) is 11.2 Å². The first-order valence-electron chi connectivity index (χ1n) is 11.6. The summed E-state index contributed by atoms with van der Waals surface area (Å²) in [5, 5.41) is 10.2. The molecule has 1 aliphatic carbocycles. The fraction of sp³-hybridized carbons (Fsp3) is 0.320. The molecule has 0 bridgehead atoms. The highest BCUT2D eigenvalue weighted by molar-refractivity contribution is 5.94. The van der Waals surface area contributed by atoms with Crippen molar-refractivity contribution in [3.8, 4) is 11.1 Å². The highest BCUT2D eigenvalue weighted by atomic mass is 16.6. The topological polar surface area (TPSA) is 134 Å². The molecule has 180 valence electrons. The van der Waals surface area contributed by atoms with Crippen molar-refractivity contribution in [2.24, 2.45) is 5.73 Å². The Morgan fingerprint density at radius 2 is 1.86 bits per heavy atom. The van der Waals surface area contributed by atoms with Crippen molar-refractivity contribution in [1.82, 2.24) is 9.97 Å². The van der Waals surface area contributed by atoms with Crippen molar-refractivity contribution in [1.29, 1.82) is 0 Å². The van der Waals surface area contributed by atoms with Crippen molar-refractivity contribution in [3.63, 3.8) is 0 Å². The number of benzene rings is 2. The van der Waals surface area contributed by atoms with E-state index in [1.54, 1.807) is 4.90 Å². The molecule has 1 saturated heterocycles. The number of ether oxygens (including phenoxy) is 2. The predicted molar refractivity (Wildman–Crippen MR) is 128 cm³/mol. The summed E-state index contributed by atoms with van der Waals surface area (Å²) in [5.41, 5.74) is 9.80. The summed E-state index contributed by atoms with van der Waals surface area (Å²) in [6.45, 7) is 0.308. The zero-order valence-corrected chi connectivity index (χ0v) is 18.8. The second-order valence-corrected chi connectivity index (χ2v) is 8.92. The smallest absolute Gasteiger partial charge is 0.416 e. The van der Waals surface area contributed by atoms with Crippen LogP contribution in [0.5, 0.6) is 0 Å². The molecule has 0 spiro atoms. The molecular formula is C25H25N5O5. The van der Waals surface area contributed by atoms with Gasteiger partial charge in [0.05, 0.1) is 18.5 Å². The number of fused-ring (bicyclic) bond motifs is 4. The molecule has 1 unspecified atom stereocenters. The molecule has 3 aliphatic rings. The normalized spacial score (nSPS) is 22.7. The fourth-order valence-corrected chi connectivity index (χ4v) is 5.29. The number of aliphatic hydroxyl groups is 1. The first-order valence-corrected chi connectivity index (χ1v) is 11.6. The number of rotatable bonds is 4. The van der Waals surface area contributed by atoms with E-state index >= 15 is 0 Å². The van der Waals surface area contributed by atoms with Crippen LogP contribution < -0.4 is 21.1 Å². The van der Waals surface area contributed by atoms with Crippen molar-refractivity contribution < 1.29 is 19.4 Å². The van der Waals surface area contributed by atoms with Crippen molar-refractivity contribution >= 4 is 17.6 Å². The van der Waals surface area contributed by atoms with Crippen LogP contribution in [0, 0.1) is 0 Å². The van der Waals surface area contributed by atoms with Crippen LogP contribution in [0.4, 0.5) is 16.3 Å². The number of aromatic nitrogens is 2. The molecule has 3 heterocycles. The van der Waals surface area contributed by atoms with E-state index in [2.05, 4.69) is 22.1 Å². The molecule has 3 atom stereocenters. The molecule has 2 aromatic carbocycles. The molecule has 10 nitrogen and oxygen atoms in total. The van der Waals surface area contributed by atoms with E-state index in [-0.39, 0.29) is 37.8 Å². The van der Waals surface area contributed by atoms with E-state index in [9.17, 15) is 14.7 Å². The number of carbonyl (C=O) groups excluding carboxylic acids is 1. The highest BCUT2D eigenvalue weighted by Gasteiger charge is 2.44. The van der Waals surface area contributed by atoms with Gasteiger partial charge in [-0.15, -0.1) is 0 Å². The third kappa shape index (κ3) is 3.49. The maximum atomic E-state index is 13.3. The summed E-state index contributed by atoms with van der Waals surface area (Å²) in [5.74, 6) is 0.201. The van der Waals surface area contributed by atoms with Crippen LogP contribution in [0.3, 0.4) is 0 Å². The van der Waals surface area contributed by atoms with Crippen LogP contribution >= 0.6 is 0 Å². The van der Waals surface area contributed by atoms with Crippen LogP contribution in [0.2, 0.25) is 0 Å². The van der Waals surface area contributed by atoms with Gasteiger partial charge in [0.25, 0.3) is 5.56 Å². The molecule has 0 saturated carbocycles. The number of amides is 1. The summed E-state index contributed by atoms with van der Waals surface area (Å²) in [7, 11) is 0. The number of hydrogen-bond donors (Lipinski definition) is 3. The van der Waals surface area contributed by atoms with Crippen LogP contribution in [0.25, 0.3) is 11.1 Å². The summed E-state index contributed by atoms with van der Waals surface area (Å²) < 4.78 is 11.7. The molecule has 0 radical (unpaired) electrons. The standard InChI is InChI=1S/C25H25N5O5/c26-10-20-19(31)9-21(35-20)29-13-30(22-23(29)27-12-28-24(22)32)25(33)34-11-18-16-7-3-1-5-14(16)15-6-2-4-8-17(15)18/h1-8,12,18-21,31H,9-11,13,26H2,(H,27,28,32)/t19?,20-,21-/m1/s1. The second-order valence-electron chi connectivity index (χ2n) is 8.92. The molecule has 3 aromatic rings. The number of anilines is 2. The number of nitrogens with one attached hydrogen (secondary N) is 1. The van der Waals surface area contributed by atoms with Gasteiger partial charge in [0.15, 0.2) is 11.5 Å². The first-order chi connectivity index (χ1) is 17.1. The molecule has 1 aromatic heterocycles. The van der Waals surface area contributed by atoms with Gasteiger partial charge < -0.3 is 30.2 Å². The van der Waals surface area contributed by atoms with E-state index in [0.29, 0.717) is 5.82 Å². The van der Waals surface area contributed by atoms with Gasteiger partial charge in [0.1, 0.15) is 19.5 Å². The Morgan fingerprint density at radius 3 is 2.51 bits per heavy atom. The number of aliphatic hydroxyl groups excluding tert-OH is 1. The Balaban J connectivity index is 1.24. The van der Waals surface area contributed by atoms with Gasteiger partial charge in [-0.3, -0.25) is 9.69 Å². The maximum absolute atomic E-state index is 13.3. The molecular weight excluding hydrogens is 450 g/mol. The zero-order valence-electron chi connectivity index (χ0n) is 18.8. The summed E-state index contributed by atoms with van der Waals surface area (Å²) in [6, 6.07) is 16.2.